The minimum absolute atomic E-state index is 0.0448. The first kappa shape index (κ1) is 21.3. The Morgan fingerprint density at radius 1 is 1.17 bits per heavy atom. The minimum Gasteiger partial charge on any atom is -0.378 e. The first-order chi connectivity index (χ1) is 14.7. The molecule has 2 aromatic rings. The van der Waals surface area contributed by atoms with Gasteiger partial charge in [0.1, 0.15) is 0 Å². The standard InChI is InChI=1S/C24H33N3O2S/c1-19-8-5-6-12-26(19)13-7-11-25-23(28)22-18-21(20-9-3-2-4-10-20)24(30-22)27-14-16-29-17-15-27/h2-4,9-10,18-19H,5-8,11-17H2,1H3,(H,25,28)/t19-/m1/s1. The van der Waals surface area contributed by atoms with Crippen LogP contribution in [0.4, 0.5) is 5.00 Å². The molecule has 1 aromatic carbocycles. The zero-order valence-corrected chi connectivity index (χ0v) is 18.8. The van der Waals surface area contributed by atoms with Gasteiger partial charge in [-0.05, 0) is 44.4 Å². The predicted octanol–water partition coefficient (Wildman–Crippen LogP) is 4.25. The Balaban J connectivity index is 1.40. The van der Waals surface area contributed by atoms with Crippen molar-refractivity contribution in [3.05, 3.63) is 41.3 Å². The van der Waals surface area contributed by atoms with Crippen molar-refractivity contribution in [2.75, 3.05) is 50.8 Å². The van der Waals surface area contributed by atoms with Crippen molar-refractivity contribution < 1.29 is 9.53 Å². The maximum Gasteiger partial charge on any atom is 0.261 e. The second-order valence-corrected chi connectivity index (χ2v) is 9.32. The van der Waals surface area contributed by atoms with E-state index in [-0.39, 0.29) is 5.91 Å². The van der Waals surface area contributed by atoms with E-state index in [2.05, 4.69) is 52.4 Å². The summed E-state index contributed by atoms with van der Waals surface area (Å²) in [7, 11) is 0. The number of likely N-dealkylation sites (tertiary alicyclic amines) is 1. The third-order valence-corrected chi connectivity index (χ3v) is 7.36. The molecule has 1 atom stereocenters. The monoisotopic (exact) mass is 427 g/mol. The summed E-state index contributed by atoms with van der Waals surface area (Å²) in [6.07, 6.45) is 4.96. The Morgan fingerprint density at radius 2 is 1.97 bits per heavy atom. The average Bonchev–Trinajstić information content (AvgIpc) is 3.25. The van der Waals surface area contributed by atoms with Gasteiger partial charge in [-0.25, -0.2) is 0 Å². The maximum absolute atomic E-state index is 12.9. The van der Waals surface area contributed by atoms with Gasteiger partial charge in [0.05, 0.1) is 23.1 Å². The molecule has 0 saturated carbocycles. The minimum atomic E-state index is 0.0448. The van der Waals surface area contributed by atoms with E-state index in [4.69, 9.17) is 4.74 Å². The quantitative estimate of drug-likeness (QED) is 0.671. The van der Waals surface area contributed by atoms with Crippen LogP contribution in [-0.4, -0.2) is 62.8 Å². The molecule has 1 N–H and O–H groups in total. The van der Waals surface area contributed by atoms with Crippen molar-refractivity contribution in [1.82, 2.24) is 10.2 Å². The summed E-state index contributed by atoms with van der Waals surface area (Å²) in [5.74, 6) is 0.0448. The highest BCUT2D eigenvalue weighted by Gasteiger charge is 2.22. The van der Waals surface area contributed by atoms with E-state index in [9.17, 15) is 4.79 Å². The van der Waals surface area contributed by atoms with E-state index in [0.29, 0.717) is 6.04 Å². The van der Waals surface area contributed by atoms with Gasteiger partial charge in [0.25, 0.3) is 5.91 Å². The number of anilines is 1. The van der Waals surface area contributed by atoms with Gasteiger partial charge in [-0.1, -0.05) is 36.8 Å². The van der Waals surface area contributed by atoms with Gasteiger partial charge in [-0.2, -0.15) is 0 Å². The molecule has 2 fully saturated rings. The van der Waals surface area contributed by atoms with Crippen molar-refractivity contribution >= 4 is 22.2 Å². The molecular weight excluding hydrogens is 394 g/mol. The van der Waals surface area contributed by atoms with Gasteiger partial charge < -0.3 is 19.9 Å². The van der Waals surface area contributed by atoms with E-state index in [1.807, 2.05) is 6.07 Å². The third-order valence-electron chi connectivity index (χ3n) is 6.17. The lowest BCUT2D eigenvalue weighted by atomic mass is 10.0. The van der Waals surface area contributed by atoms with Gasteiger partial charge in [0.15, 0.2) is 0 Å². The van der Waals surface area contributed by atoms with Crippen molar-refractivity contribution in [2.24, 2.45) is 0 Å². The van der Waals surface area contributed by atoms with Crippen LogP contribution in [-0.2, 0) is 4.74 Å². The van der Waals surface area contributed by atoms with E-state index < -0.39 is 0 Å². The van der Waals surface area contributed by atoms with Crippen LogP contribution in [0.3, 0.4) is 0 Å². The zero-order chi connectivity index (χ0) is 20.8. The number of hydrogen-bond donors (Lipinski definition) is 1. The molecule has 1 amide bonds. The van der Waals surface area contributed by atoms with Crippen LogP contribution in [0.2, 0.25) is 0 Å². The number of thiophene rings is 1. The molecule has 0 bridgehead atoms. The Hall–Kier alpha value is -1.89. The number of rotatable bonds is 7. The number of amides is 1. The second kappa shape index (κ2) is 10.4. The number of carbonyl (C=O) groups excluding carboxylic acids is 1. The summed E-state index contributed by atoms with van der Waals surface area (Å²) in [4.78, 5) is 18.6. The fraction of sp³-hybridized carbons (Fsp3) is 0.542. The van der Waals surface area contributed by atoms with Crippen LogP contribution in [0.1, 0.15) is 42.3 Å². The molecule has 0 aliphatic carbocycles. The van der Waals surface area contributed by atoms with Crippen LogP contribution in [0.15, 0.2) is 36.4 Å². The molecule has 1 aromatic heterocycles. The lowest BCUT2D eigenvalue weighted by Gasteiger charge is -2.33. The number of carbonyl (C=O) groups is 1. The van der Waals surface area contributed by atoms with Crippen LogP contribution in [0, 0.1) is 0 Å². The van der Waals surface area contributed by atoms with E-state index in [1.54, 1.807) is 11.3 Å². The first-order valence-electron chi connectivity index (χ1n) is 11.3. The highest BCUT2D eigenvalue weighted by atomic mass is 32.1. The molecule has 0 radical (unpaired) electrons. The number of ether oxygens (including phenoxy) is 1. The normalized spacial score (nSPS) is 20.3. The maximum atomic E-state index is 12.9. The van der Waals surface area contributed by atoms with Crippen molar-refractivity contribution in [1.29, 1.82) is 0 Å². The number of hydrogen-bond acceptors (Lipinski definition) is 5. The lowest BCUT2D eigenvalue weighted by molar-refractivity contribution is 0.0953. The molecule has 162 valence electrons. The molecular formula is C24H33N3O2S. The number of piperidine rings is 1. The largest absolute Gasteiger partial charge is 0.378 e. The molecule has 3 heterocycles. The fourth-order valence-corrected chi connectivity index (χ4v) is 5.53. The zero-order valence-electron chi connectivity index (χ0n) is 17.9. The highest BCUT2D eigenvalue weighted by Crippen LogP contribution is 2.39. The summed E-state index contributed by atoms with van der Waals surface area (Å²) < 4.78 is 5.52. The molecule has 2 aliphatic heterocycles. The number of nitrogens with one attached hydrogen (secondary N) is 1. The molecule has 6 heteroatoms. The molecule has 30 heavy (non-hydrogen) atoms. The van der Waals surface area contributed by atoms with Gasteiger partial charge in [-0.3, -0.25) is 4.79 Å². The number of benzene rings is 1. The van der Waals surface area contributed by atoms with E-state index >= 15 is 0 Å². The Morgan fingerprint density at radius 3 is 2.73 bits per heavy atom. The van der Waals surface area contributed by atoms with Crippen molar-refractivity contribution in [2.45, 2.75) is 38.6 Å². The SMILES string of the molecule is C[C@@H]1CCCCN1CCCNC(=O)c1cc(-c2ccccc2)c(N2CCOCC2)s1. The van der Waals surface area contributed by atoms with Crippen LogP contribution in [0.5, 0.6) is 0 Å². The second-order valence-electron chi connectivity index (χ2n) is 8.29. The van der Waals surface area contributed by atoms with Crippen LogP contribution in [0.25, 0.3) is 11.1 Å². The summed E-state index contributed by atoms with van der Waals surface area (Å²) in [5, 5.41) is 4.33. The fourth-order valence-electron chi connectivity index (χ4n) is 4.38. The number of nitrogens with zero attached hydrogens (tertiary/aromatic N) is 2. The summed E-state index contributed by atoms with van der Waals surface area (Å²) in [5.41, 5.74) is 2.31. The van der Waals surface area contributed by atoms with Crippen LogP contribution < -0.4 is 10.2 Å². The predicted molar refractivity (Wildman–Crippen MR) is 125 cm³/mol. The molecule has 0 spiro atoms. The third kappa shape index (κ3) is 5.23. The van der Waals surface area contributed by atoms with E-state index in [0.717, 1.165) is 61.8 Å². The summed E-state index contributed by atoms with van der Waals surface area (Å²) in [6.45, 7) is 8.54. The smallest absolute Gasteiger partial charge is 0.261 e. The highest BCUT2D eigenvalue weighted by molar-refractivity contribution is 7.18. The van der Waals surface area contributed by atoms with Crippen molar-refractivity contribution in [3.63, 3.8) is 0 Å². The summed E-state index contributed by atoms with van der Waals surface area (Å²) >= 11 is 1.60. The van der Waals surface area contributed by atoms with Crippen molar-refractivity contribution in [3.8, 4) is 11.1 Å². The van der Waals surface area contributed by atoms with Gasteiger partial charge >= 0.3 is 0 Å². The Labute approximate surface area is 184 Å². The van der Waals surface area contributed by atoms with Gasteiger partial charge in [0, 0.05) is 37.8 Å². The molecule has 5 nitrogen and oxygen atoms in total. The number of morpholine rings is 1. The Kier molecular flexibility index (Phi) is 7.42. The first-order valence-corrected chi connectivity index (χ1v) is 12.1. The van der Waals surface area contributed by atoms with E-state index in [1.165, 1.54) is 30.8 Å². The molecule has 2 saturated heterocycles. The summed E-state index contributed by atoms with van der Waals surface area (Å²) in [6, 6.07) is 13.1. The Bertz CT molecular complexity index is 817. The van der Waals surface area contributed by atoms with Crippen LogP contribution >= 0.6 is 11.3 Å². The topological polar surface area (TPSA) is 44.8 Å². The van der Waals surface area contributed by atoms with Gasteiger partial charge in [0.2, 0.25) is 0 Å². The lowest BCUT2D eigenvalue weighted by Crippen LogP contribution is -2.39. The molecule has 2 aliphatic rings. The molecule has 4 rings (SSSR count). The van der Waals surface area contributed by atoms with Gasteiger partial charge in [-0.15, -0.1) is 11.3 Å². The molecule has 0 unspecified atom stereocenters. The average molecular weight is 428 g/mol.